The zero-order valence-electron chi connectivity index (χ0n) is 18.4. The zero-order valence-corrected chi connectivity index (χ0v) is 19.2. The molecule has 8 nitrogen and oxygen atoms in total. The van der Waals surface area contributed by atoms with Gasteiger partial charge in [0.2, 0.25) is 0 Å². The fraction of sp³-hybridized carbons (Fsp3) is 0.160. The summed E-state index contributed by atoms with van der Waals surface area (Å²) in [6.07, 6.45) is 3.48. The number of carbonyl (C=O) groups is 1. The van der Waals surface area contributed by atoms with Crippen molar-refractivity contribution in [2.24, 2.45) is 0 Å². The molecular weight excluding hydrogens is 452 g/mol. The van der Waals surface area contributed by atoms with Crippen LogP contribution in [-0.2, 0) is 14.8 Å². The summed E-state index contributed by atoms with van der Waals surface area (Å²) in [5, 5.41) is 3.88. The van der Waals surface area contributed by atoms with E-state index in [-0.39, 0.29) is 18.4 Å². The largest absolute Gasteiger partial charge is 0.362 e. The molecule has 1 amide bonds. The third-order valence-electron chi connectivity index (χ3n) is 5.69. The van der Waals surface area contributed by atoms with Gasteiger partial charge in [0.1, 0.15) is 0 Å². The molecule has 172 valence electrons. The lowest BCUT2D eigenvalue weighted by molar-refractivity contribution is 0.102. The maximum atomic E-state index is 12.9. The first-order chi connectivity index (χ1) is 16.4. The van der Waals surface area contributed by atoms with E-state index < -0.39 is 10.0 Å². The second kappa shape index (κ2) is 8.85. The van der Waals surface area contributed by atoms with Crippen molar-refractivity contribution in [2.75, 3.05) is 28.7 Å². The van der Waals surface area contributed by atoms with Gasteiger partial charge < -0.3 is 10.1 Å². The Morgan fingerprint density at radius 3 is 2.68 bits per heavy atom. The average Bonchev–Trinajstić information content (AvgIpc) is 2.85. The van der Waals surface area contributed by atoms with Crippen LogP contribution in [-0.4, -0.2) is 43.4 Å². The number of hydrogen-bond acceptors (Lipinski definition) is 6. The molecule has 9 heteroatoms. The predicted molar refractivity (Wildman–Crippen MR) is 131 cm³/mol. The first kappa shape index (κ1) is 22.0. The van der Waals surface area contributed by atoms with Gasteiger partial charge in [-0.2, -0.15) is 0 Å². The lowest BCUT2D eigenvalue weighted by Crippen LogP contribution is -2.41. The smallest absolute Gasteiger partial charge is 0.259 e. The number of pyridine rings is 2. The maximum absolute atomic E-state index is 12.9. The summed E-state index contributed by atoms with van der Waals surface area (Å²) in [6, 6.07) is 18.0. The van der Waals surface area contributed by atoms with Crippen LogP contribution in [0.2, 0.25) is 0 Å². The zero-order chi connectivity index (χ0) is 23.7. The molecule has 2 aromatic carbocycles. The predicted octanol–water partition coefficient (Wildman–Crippen LogP) is 3.98. The number of nitrogens with one attached hydrogen (secondary N) is 1. The Hall–Kier alpha value is -3.82. The maximum Gasteiger partial charge on any atom is 0.259 e. The van der Waals surface area contributed by atoms with E-state index >= 15 is 0 Å². The number of hydrogen-bond donors (Lipinski definition) is 1. The highest BCUT2D eigenvalue weighted by Gasteiger charge is 2.26. The number of fused-ring (bicyclic) bond motifs is 1. The van der Waals surface area contributed by atoms with E-state index in [2.05, 4.69) is 10.3 Å². The Bertz CT molecular complexity index is 1490. The van der Waals surface area contributed by atoms with Gasteiger partial charge in [-0.1, -0.05) is 6.07 Å². The molecule has 0 spiro atoms. The van der Waals surface area contributed by atoms with Crippen molar-refractivity contribution in [3.63, 3.8) is 0 Å². The minimum absolute atomic E-state index is 0.249. The molecule has 0 saturated carbocycles. The number of carbonyl (C=O) groups excluding carboxylic acids is 1. The Morgan fingerprint density at radius 2 is 1.88 bits per heavy atom. The number of anilines is 2. The Labute approximate surface area is 197 Å². The second-order valence-electron chi connectivity index (χ2n) is 8.01. The molecule has 1 aliphatic rings. The van der Waals surface area contributed by atoms with E-state index in [1.54, 1.807) is 36.7 Å². The van der Waals surface area contributed by atoms with Crippen LogP contribution in [0.1, 0.15) is 15.9 Å². The highest BCUT2D eigenvalue weighted by atomic mass is 32.2. The Morgan fingerprint density at radius 1 is 1.06 bits per heavy atom. The number of nitrogens with zero attached hydrogens (tertiary/aromatic N) is 3. The molecule has 0 unspecified atom stereocenters. The van der Waals surface area contributed by atoms with Crippen molar-refractivity contribution in [1.82, 2.24) is 9.97 Å². The molecular formula is C25H22N4O4S. The van der Waals surface area contributed by atoms with Gasteiger partial charge in [0.25, 0.3) is 15.9 Å². The number of benzene rings is 2. The fourth-order valence-electron chi connectivity index (χ4n) is 3.88. The van der Waals surface area contributed by atoms with Gasteiger partial charge in [-0.25, -0.2) is 13.4 Å². The van der Waals surface area contributed by atoms with Gasteiger partial charge in [-0.05, 0) is 67.1 Å². The monoisotopic (exact) mass is 474 g/mol. The number of rotatable bonds is 4. The Kier molecular flexibility index (Phi) is 5.72. The third-order valence-corrected chi connectivity index (χ3v) is 7.21. The van der Waals surface area contributed by atoms with Crippen molar-refractivity contribution in [3.05, 3.63) is 84.2 Å². The van der Waals surface area contributed by atoms with Crippen LogP contribution in [0, 0.1) is 6.92 Å². The van der Waals surface area contributed by atoms with Crippen LogP contribution >= 0.6 is 0 Å². The first-order valence-electron chi connectivity index (χ1n) is 10.7. The van der Waals surface area contributed by atoms with Gasteiger partial charge in [-0.15, -0.1) is 0 Å². The molecule has 0 bridgehead atoms. The number of aryl methyl sites for hydroxylation is 1. The van der Waals surface area contributed by atoms with E-state index in [1.807, 2.05) is 43.3 Å². The minimum atomic E-state index is -3.51. The number of amides is 1. The van der Waals surface area contributed by atoms with Crippen LogP contribution in [0.4, 0.5) is 11.4 Å². The van der Waals surface area contributed by atoms with Crippen LogP contribution < -0.4 is 9.62 Å². The average molecular weight is 475 g/mol. The summed E-state index contributed by atoms with van der Waals surface area (Å²) in [7, 11) is -3.51. The number of ether oxygens (including phenoxy) is 1. The summed E-state index contributed by atoms with van der Waals surface area (Å²) in [6.45, 7) is 2.58. The highest BCUT2D eigenvalue weighted by Crippen LogP contribution is 2.27. The lowest BCUT2D eigenvalue weighted by atomic mass is 10.0. The standard InChI is InChI=1S/C25H22N4O4S/c1-17-2-6-20(14-22(17)24-9-5-19-15-26-11-10-23(19)28-24)27-25(30)18-3-7-21(8-4-18)29-12-13-33-16-34(29,31)32/h2-11,14-15H,12-13,16H2,1H3,(H,27,30). The van der Waals surface area contributed by atoms with Crippen molar-refractivity contribution in [2.45, 2.75) is 6.92 Å². The van der Waals surface area contributed by atoms with E-state index in [0.29, 0.717) is 23.5 Å². The molecule has 0 radical (unpaired) electrons. The van der Waals surface area contributed by atoms with Crippen molar-refractivity contribution >= 4 is 38.2 Å². The molecule has 4 aromatic rings. The van der Waals surface area contributed by atoms with Gasteiger partial charge in [0.15, 0.2) is 5.94 Å². The van der Waals surface area contributed by atoms with Crippen LogP contribution in [0.5, 0.6) is 0 Å². The van der Waals surface area contributed by atoms with E-state index in [4.69, 9.17) is 9.72 Å². The SMILES string of the molecule is Cc1ccc(NC(=O)c2ccc(N3CCOCS3(=O)=O)cc2)cc1-c1ccc2cnccc2n1. The van der Waals surface area contributed by atoms with Crippen molar-refractivity contribution < 1.29 is 17.9 Å². The van der Waals surface area contributed by atoms with Gasteiger partial charge >= 0.3 is 0 Å². The fourth-order valence-corrected chi connectivity index (χ4v) is 5.13. The van der Waals surface area contributed by atoms with Crippen molar-refractivity contribution in [1.29, 1.82) is 0 Å². The lowest BCUT2D eigenvalue weighted by Gasteiger charge is -2.28. The van der Waals surface area contributed by atoms with Gasteiger partial charge in [0.05, 0.1) is 30.0 Å². The second-order valence-corrected chi connectivity index (χ2v) is 9.85. The van der Waals surface area contributed by atoms with Crippen molar-refractivity contribution in [3.8, 4) is 11.3 Å². The van der Waals surface area contributed by atoms with Crippen LogP contribution in [0.25, 0.3) is 22.2 Å². The molecule has 1 aliphatic heterocycles. The summed E-state index contributed by atoms with van der Waals surface area (Å²) in [5.41, 5.74) is 5.19. The number of aromatic nitrogens is 2. The summed E-state index contributed by atoms with van der Waals surface area (Å²) in [5.74, 6) is -0.628. The Balaban J connectivity index is 1.36. The molecule has 0 aliphatic carbocycles. The molecule has 1 N–H and O–H groups in total. The third kappa shape index (κ3) is 4.35. The highest BCUT2D eigenvalue weighted by molar-refractivity contribution is 7.92. The van der Waals surface area contributed by atoms with E-state index in [1.165, 1.54) is 4.31 Å². The quantitative estimate of drug-likeness (QED) is 0.480. The topological polar surface area (TPSA) is 101 Å². The molecule has 1 fully saturated rings. The van der Waals surface area contributed by atoms with Crippen LogP contribution in [0.3, 0.4) is 0 Å². The molecule has 2 aromatic heterocycles. The molecule has 3 heterocycles. The molecule has 5 rings (SSSR count). The molecule has 1 saturated heterocycles. The minimum Gasteiger partial charge on any atom is -0.362 e. The number of sulfonamides is 1. The molecule has 34 heavy (non-hydrogen) atoms. The van der Waals surface area contributed by atoms with E-state index in [9.17, 15) is 13.2 Å². The first-order valence-corrected chi connectivity index (χ1v) is 12.3. The van der Waals surface area contributed by atoms with Gasteiger partial charge in [-0.3, -0.25) is 14.1 Å². The van der Waals surface area contributed by atoms with E-state index in [0.717, 1.165) is 27.7 Å². The van der Waals surface area contributed by atoms with Crippen LogP contribution in [0.15, 0.2) is 73.1 Å². The normalized spacial score (nSPS) is 15.3. The summed E-state index contributed by atoms with van der Waals surface area (Å²) >= 11 is 0. The summed E-state index contributed by atoms with van der Waals surface area (Å²) in [4.78, 5) is 21.7. The molecule has 0 atom stereocenters. The summed E-state index contributed by atoms with van der Waals surface area (Å²) < 4.78 is 30.7. The van der Waals surface area contributed by atoms with Gasteiger partial charge in [0, 0.05) is 34.6 Å².